The molecule has 1 fully saturated rings. The van der Waals surface area contributed by atoms with Gasteiger partial charge < -0.3 is 19.1 Å². The minimum absolute atomic E-state index is 0.242. The maximum absolute atomic E-state index is 10.7. The zero-order valence-electron chi connectivity index (χ0n) is 10.5. The van der Waals surface area contributed by atoms with Crippen molar-refractivity contribution in [1.29, 1.82) is 0 Å². The predicted molar refractivity (Wildman–Crippen MR) is 68.0 cm³/mol. The van der Waals surface area contributed by atoms with E-state index in [0.29, 0.717) is 24.7 Å². The molecule has 6 heteroatoms. The minimum atomic E-state index is 0.242. The first kappa shape index (κ1) is 12.6. The van der Waals surface area contributed by atoms with Crippen LogP contribution >= 0.6 is 0 Å². The number of benzene rings is 1. The summed E-state index contributed by atoms with van der Waals surface area (Å²) < 4.78 is 15.8. The van der Waals surface area contributed by atoms with E-state index in [1.165, 1.54) is 7.11 Å². The Morgan fingerprint density at radius 1 is 1.17 bits per heavy atom. The van der Waals surface area contributed by atoms with E-state index >= 15 is 0 Å². The molecule has 1 aliphatic rings. The molecule has 6 nitrogen and oxygen atoms in total. The highest BCUT2D eigenvalue weighted by Crippen LogP contribution is 2.39. The van der Waals surface area contributed by atoms with Gasteiger partial charge in [0.1, 0.15) is 11.5 Å². The van der Waals surface area contributed by atoms with Crippen LogP contribution in [0.15, 0.2) is 17.3 Å². The summed E-state index contributed by atoms with van der Waals surface area (Å²) in [7, 11) is 3.08. The molecule has 1 aliphatic heterocycles. The van der Waals surface area contributed by atoms with Crippen molar-refractivity contribution in [1.82, 2.24) is 0 Å². The number of nitrogens with zero attached hydrogens (tertiary/aromatic N) is 2. The van der Waals surface area contributed by atoms with Gasteiger partial charge in [-0.2, -0.15) is 0 Å². The standard InChI is InChI=1S/C12H16N2O4/c1-16-11-8-10(14-3-5-18-6-4-14)12(17-2)7-9(11)13-15/h7-8H,3-6H2,1-2H3. The van der Waals surface area contributed by atoms with Crippen molar-refractivity contribution >= 4 is 11.4 Å². The van der Waals surface area contributed by atoms with Crippen LogP contribution in [0.1, 0.15) is 0 Å². The third-order valence-electron chi connectivity index (χ3n) is 2.93. The predicted octanol–water partition coefficient (Wildman–Crippen LogP) is 1.94. The second-order valence-electron chi connectivity index (χ2n) is 3.89. The number of methoxy groups -OCH3 is 2. The van der Waals surface area contributed by atoms with Crippen LogP contribution in [-0.4, -0.2) is 40.5 Å². The van der Waals surface area contributed by atoms with Crippen LogP contribution in [0.2, 0.25) is 0 Å². The summed E-state index contributed by atoms with van der Waals surface area (Å²) in [5.41, 5.74) is 1.14. The fraction of sp³-hybridized carbons (Fsp3) is 0.500. The van der Waals surface area contributed by atoms with Crippen molar-refractivity contribution in [2.45, 2.75) is 0 Å². The van der Waals surface area contributed by atoms with Gasteiger partial charge in [0.25, 0.3) is 0 Å². The number of morpholine rings is 1. The third kappa shape index (κ3) is 2.38. The van der Waals surface area contributed by atoms with Gasteiger partial charge in [-0.25, -0.2) is 0 Å². The minimum Gasteiger partial charge on any atom is -0.494 e. The van der Waals surface area contributed by atoms with E-state index in [-0.39, 0.29) is 5.69 Å². The molecule has 0 bridgehead atoms. The number of hydrogen-bond donors (Lipinski definition) is 0. The van der Waals surface area contributed by atoms with Crippen LogP contribution in [0.3, 0.4) is 0 Å². The molecule has 0 spiro atoms. The number of anilines is 1. The third-order valence-corrected chi connectivity index (χ3v) is 2.93. The summed E-state index contributed by atoms with van der Waals surface area (Å²) in [6.07, 6.45) is 0. The molecule has 2 rings (SSSR count). The highest BCUT2D eigenvalue weighted by molar-refractivity contribution is 5.70. The molecule has 1 saturated heterocycles. The zero-order valence-corrected chi connectivity index (χ0v) is 10.5. The lowest BCUT2D eigenvalue weighted by molar-refractivity contribution is 0.122. The molecule has 18 heavy (non-hydrogen) atoms. The van der Waals surface area contributed by atoms with Crippen molar-refractivity contribution in [3.63, 3.8) is 0 Å². The van der Waals surface area contributed by atoms with Gasteiger partial charge in [-0.3, -0.25) is 0 Å². The van der Waals surface area contributed by atoms with E-state index in [2.05, 4.69) is 10.1 Å². The lowest BCUT2D eigenvalue weighted by Crippen LogP contribution is -2.36. The second-order valence-corrected chi connectivity index (χ2v) is 3.89. The van der Waals surface area contributed by atoms with Gasteiger partial charge >= 0.3 is 0 Å². The van der Waals surface area contributed by atoms with E-state index in [1.54, 1.807) is 19.2 Å². The summed E-state index contributed by atoms with van der Waals surface area (Å²) in [6, 6.07) is 3.37. The summed E-state index contributed by atoms with van der Waals surface area (Å²) in [6.45, 7) is 2.93. The largest absolute Gasteiger partial charge is 0.494 e. The first-order chi connectivity index (χ1) is 8.80. The molecule has 0 saturated carbocycles. The molecule has 0 aromatic heterocycles. The zero-order chi connectivity index (χ0) is 13.0. The highest BCUT2D eigenvalue weighted by atomic mass is 16.5. The van der Waals surface area contributed by atoms with Crippen molar-refractivity contribution in [2.75, 3.05) is 45.4 Å². The summed E-state index contributed by atoms with van der Waals surface area (Å²) in [5.74, 6) is 1.07. The quantitative estimate of drug-likeness (QED) is 0.766. The van der Waals surface area contributed by atoms with Gasteiger partial charge in [0, 0.05) is 25.2 Å². The fourth-order valence-corrected chi connectivity index (χ4v) is 1.99. The van der Waals surface area contributed by atoms with E-state index in [0.717, 1.165) is 18.8 Å². The second kappa shape index (κ2) is 5.68. The summed E-state index contributed by atoms with van der Waals surface area (Å²) in [4.78, 5) is 12.9. The average molecular weight is 252 g/mol. The topological polar surface area (TPSA) is 60.4 Å². The van der Waals surface area contributed by atoms with E-state index in [4.69, 9.17) is 14.2 Å². The average Bonchev–Trinajstić information content (AvgIpc) is 2.46. The SMILES string of the molecule is COc1cc(N2CCOCC2)c(OC)cc1N=O. The molecule has 1 aromatic rings. The first-order valence-electron chi connectivity index (χ1n) is 5.72. The lowest BCUT2D eigenvalue weighted by atomic mass is 10.2. The highest BCUT2D eigenvalue weighted by Gasteiger charge is 2.19. The molecule has 0 atom stereocenters. The summed E-state index contributed by atoms with van der Waals surface area (Å²) in [5, 5.41) is 2.94. The van der Waals surface area contributed by atoms with Crippen LogP contribution in [-0.2, 0) is 4.74 Å². The Kier molecular flexibility index (Phi) is 3.99. The van der Waals surface area contributed by atoms with Crippen LogP contribution < -0.4 is 14.4 Å². The normalized spacial score (nSPS) is 15.3. The van der Waals surface area contributed by atoms with Gasteiger partial charge in [-0.05, 0) is 5.18 Å². The molecule has 0 N–H and O–H groups in total. The molecular weight excluding hydrogens is 236 g/mol. The summed E-state index contributed by atoms with van der Waals surface area (Å²) >= 11 is 0. The van der Waals surface area contributed by atoms with Crippen LogP contribution in [0.25, 0.3) is 0 Å². The number of hydrogen-bond acceptors (Lipinski definition) is 6. The van der Waals surface area contributed by atoms with E-state index < -0.39 is 0 Å². The number of rotatable bonds is 4. The smallest absolute Gasteiger partial charge is 0.153 e. The molecule has 98 valence electrons. The number of nitroso groups, excluding NO2 is 1. The Hall–Kier alpha value is -1.82. The van der Waals surface area contributed by atoms with E-state index in [9.17, 15) is 4.91 Å². The molecule has 0 amide bonds. The fourth-order valence-electron chi connectivity index (χ4n) is 1.99. The van der Waals surface area contributed by atoms with Gasteiger partial charge in [-0.1, -0.05) is 0 Å². The Morgan fingerprint density at radius 2 is 1.83 bits per heavy atom. The van der Waals surface area contributed by atoms with Gasteiger partial charge in [0.2, 0.25) is 0 Å². The van der Waals surface area contributed by atoms with Crippen LogP contribution in [0.4, 0.5) is 11.4 Å². The maximum Gasteiger partial charge on any atom is 0.153 e. The molecule has 1 heterocycles. The molecule has 0 radical (unpaired) electrons. The Balaban J connectivity index is 2.40. The van der Waals surface area contributed by atoms with E-state index in [1.807, 2.05) is 0 Å². The van der Waals surface area contributed by atoms with Gasteiger partial charge in [0.15, 0.2) is 5.69 Å². The molecule has 0 unspecified atom stereocenters. The maximum atomic E-state index is 10.7. The molecular formula is C12H16N2O4. The molecule has 1 aromatic carbocycles. The molecule has 0 aliphatic carbocycles. The Morgan fingerprint density at radius 3 is 2.39 bits per heavy atom. The Labute approximate surface area is 105 Å². The van der Waals surface area contributed by atoms with Gasteiger partial charge in [-0.15, -0.1) is 4.91 Å². The van der Waals surface area contributed by atoms with Crippen molar-refractivity contribution in [3.8, 4) is 11.5 Å². The van der Waals surface area contributed by atoms with Crippen molar-refractivity contribution in [3.05, 3.63) is 17.0 Å². The van der Waals surface area contributed by atoms with Crippen molar-refractivity contribution < 1.29 is 14.2 Å². The van der Waals surface area contributed by atoms with Crippen LogP contribution in [0.5, 0.6) is 11.5 Å². The van der Waals surface area contributed by atoms with Crippen molar-refractivity contribution in [2.24, 2.45) is 5.18 Å². The van der Waals surface area contributed by atoms with Crippen LogP contribution in [0, 0.1) is 4.91 Å². The Bertz CT molecular complexity index is 430. The monoisotopic (exact) mass is 252 g/mol. The lowest BCUT2D eigenvalue weighted by Gasteiger charge is -2.30. The number of ether oxygens (including phenoxy) is 3. The van der Waals surface area contributed by atoms with Gasteiger partial charge in [0.05, 0.1) is 33.1 Å². The first-order valence-corrected chi connectivity index (χ1v) is 5.72.